The molecule has 10 heteroatoms. The number of rotatable bonds is 5. The fourth-order valence-corrected chi connectivity index (χ4v) is 6.88. The van der Waals surface area contributed by atoms with Crippen molar-refractivity contribution in [1.29, 1.82) is 0 Å². The molecule has 186 valence electrons. The molecule has 2 unspecified atom stereocenters. The van der Waals surface area contributed by atoms with Gasteiger partial charge in [0.2, 0.25) is 0 Å². The van der Waals surface area contributed by atoms with Crippen LogP contribution in [0.5, 0.6) is 0 Å². The van der Waals surface area contributed by atoms with Crippen molar-refractivity contribution in [2.75, 3.05) is 29.9 Å². The molecular weight excluding hydrogens is 486 g/mol. The number of nitrogens with zero attached hydrogens (tertiary/aromatic N) is 5. The molecule has 0 bridgehead atoms. The largest absolute Gasteiger partial charge is 0.367 e. The zero-order chi connectivity index (χ0) is 25.0. The predicted molar refractivity (Wildman–Crippen MR) is 144 cm³/mol. The van der Waals surface area contributed by atoms with Crippen LogP contribution in [0.1, 0.15) is 6.42 Å². The second-order valence-corrected chi connectivity index (χ2v) is 11.3. The minimum atomic E-state index is -3.98. The van der Waals surface area contributed by atoms with E-state index in [2.05, 4.69) is 42.7 Å². The molecule has 2 saturated heterocycles. The molecule has 0 aliphatic carbocycles. The molecule has 0 amide bonds. The number of fused-ring (bicyclic) bond motifs is 3. The maximum absolute atomic E-state index is 13.6. The van der Waals surface area contributed by atoms with Crippen molar-refractivity contribution in [2.24, 2.45) is 5.92 Å². The molecule has 7 rings (SSSR count). The summed E-state index contributed by atoms with van der Waals surface area (Å²) < 4.78 is 28.3. The highest BCUT2D eigenvalue weighted by molar-refractivity contribution is 7.90. The van der Waals surface area contributed by atoms with E-state index in [1.54, 1.807) is 36.7 Å². The molecule has 2 aliphatic heterocycles. The predicted octanol–water partition coefficient (Wildman–Crippen LogP) is 3.76. The van der Waals surface area contributed by atoms with Gasteiger partial charge in [0.25, 0.3) is 10.0 Å². The second-order valence-electron chi connectivity index (χ2n) is 9.60. The Morgan fingerprint density at radius 2 is 1.84 bits per heavy atom. The molecule has 2 fully saturated rings. The quantitative estimate of drug-likeness (QED) is 0.368. The minimum Gasteiger partial charge on any atom is -0.367 e. The van der Waals surface area contributed by atoms with E-state index in [4.69, 9.17) is 0 Å². The Bertz CT molecular complexity index is 1730. The third-order valence-corrected chi connectivity index (χ3v) is 9.04. The molecule has 0 saturated carbocycles. The number of hydrogen-bond donors (Lipinski definition) is 2. The summed E-state index contributed by atoms with van der Waals surface area (Å²) in [6.45, 7) is 3.27. The van der Waals surface area contributed by atoms with Gasteiger partial charge in [-0.15, -0.1) is 0 Å². The van der Waals surface area contributed by atoms with Crippen LogP contribution in [0.15, 0.2) is 84.1 Å². The van der Waals surface area contributed by atoms with E-state index in [-0.39, 0.29) is 4.90 Å². The van der Waals surface area contributed by atoms with Gasteiger partial charge in [-0.1, -0.05) is 18.2 Å². The maximum Gasteiger partial charge on any atom is 0.285 e. The summed E-state index contributed by atoms with van der Waals surface area (Å²) in [6, 6.07) is 19.3. The highest BCUT2D eigenvalue weighted by Crippen LogP contribution is 2.35. The first-order valence-corrected chi connectivity index (χ1v) is 13.8. The smallest absolute Gasteiger partial charge is 0.285 e. The Kier molecular flexibility index (Phi) is 5.12. The maximum atomic E-state index is 13.6. The van der Waals surface area contributed by atoms with Gasteiger partial charge in [0.1, 0.15) is 10.7 Å². The molecule has 0 spiro atoms. The number of para-hydroxylation sites is 1. The highest BCUT2D eigenvalue weighted by Gasteiger charge is 2.40. The van der Waals surface area contributed by atoms with Crippen LogP contribution in [0.4, 0.5) is 17.2 Å². The van der Waals surface area contributed by atoms with Crippen molar-refractivity contribution >= 4 is 49.0 Å². The molecule has 2 aliphatic rings. The molecule has 9 nitrogen and oxygen atoms in total. The first-order chi connectivity index (χ1) is 18.1. The summed E-state index contributed by atoms with van der Waals surface area (Å²) in [4.78, 5) is 11.3. The Balaban J connectivity index is 1.17. The number of nitrogens with one attached hydrogen (secondary N) is 2. The van der Waals surface area contributed by atoms with Crippen LogP contribution < -0.4 is 15.5 Å². The van der Waals surface area contributed by atoms with E-state index in [1.165, 1.54) is 18.3 Å². The monoisotopic (exact) mass is 511 g/mol. The summed E-state index contributed by atoms with van der Waals surface area (Å²) in [5, 5.41) is 12.4. The Labute approximate surface area is 214 Å². The lowest BCUT2D eigenvalue weighted by Crippen LogP contribution is -2.63. The molecular formula is C27H25N7O2S. The van der Waals surface area contributed by atoms with Crippen LogP contribution in [0.3, 0.4) is 0 Å². The molecule has 0 radical (unpaired) electrons. The molecule has 2 N–H and O–H groups in total. The van der Waals surface area contributed by atoms with E-state index < -0.39 is 10.0 Å². The summed E-state index contributed by atoms with van der Waals surface area (Å²) in [6.07, 6.45) is 5.98. The topological polar surface area (TPSA) is 105 Å². The number of anilines is 3. The van der Waals surface area contributed by atoms with E-state index in [0.717, 1.165) is 40.7 Å². The average Bonchev–Trinajstić information content (AvgIpc) is 3.34. The number of hydrogen-bond acceptors (Lipinski definition) is 8. The third-order valence-electron chi connectivity index (χ3n) is 7.41. The van der Waals surface area contributed by atoms with E-state index in [9.17, 15) is 8.42 Å². The van der Waals surface area contributed by atoms with Crippen molar-refractivity contribution in [1.82, 2.24) is 24.5 Å². The van der Waals surface area contributed by atoms with Crippen molar-refractivity contribution in [3.05, 3.63) is 79.3 Å². The standard InChI is InChI=1S/C27H25N7O2S/c35-37(36,25-5-1-3-18-4-2-11-29-27(18)25)34-23-13-26(30-14-20(23)15-31-34)32-21-6-8-22(9-7-21)33-17-19-10-12-28-16-24(19)33/h1-9,11,13-15,19,24,28H,10,12,16-17H2,(H,30,32). The summed E-state index contributed by atoms with van der Waals surface area (Å²) in [5.41, 5.74) is 2.95. The molecule has 3 aromatic heterocycles. The molecule has 2 atom stereocenters. The van der Waals surface area contributed by atoms with Crippen LogP contribution in [-0.2, 0) is 10.0 Å². The van der Waals surface area contributed by atoms with Crippen molar-refractivity contribution in [3.8, 4) is 0 Å². The van der Waals surface area contributed by atoms with Crippen molar-refractivity contribution < 1.29 is 8.42 Å². The van der Waals surface area contributed by atoms with Gasteiger partial charge < -0.3 is 15.5 Å². The first kappa shape index (κ1) is 22.2. The van der Waals surface area contributed by atoms with Crippen molar-refractivity contribution in [3.63, 3.8) is 0 Å². The van der Waals surface area contributed by atoms with Crippen LogP contribution >= 0.6 is 0 Å². The lowest BCUT2D eigenvalue weighted by molar-refractivity contribution is 0.229. The molecule has 5 heterocycles. The van der Waals surface area contributed by atoms with E-state index >= 15 is 0 Å². The number of pyridine rings is 2. The fraction of sp³-hybridized carbons (Fsp3) is 0.222. The third kappa shape index (κ3) is 3.71. The van der Waals surface area contributed by atoms with Gasteiger partial charge in [-0.05, 0) is 55.3 Å². The number of aromatic nitrogens is 4. The van der Waals surface area contributed by atoms with E-state index in [1.807, 2.05) is 24.3 Å². The lowest BCUT2D eigenvalue weighted by Gasteiger charge is -2.52. The SMILES string of the molecule is O=S(=O)(c1cccc2cccnc12)n1ncc2cnc(Nc3ccc(N4CC5CCNCC54)cc3)cc21. The Hall–Kier alpha value is -4.02. The highest BCUT2D eigenvalue weighted by atomic mass is 32.2. The summed E-state index contributed by atoms with van der Waals surface area (Å²) >= 11 is 0. The van der Waals surface area contributed by atoms with Gasteiger partial charge >= 0.3 is 0 Å². The van der Waals surface area contributed by atoms with Gasteiger partial charge in [0, 0.05) is 59.7 Å². The molecule has 37 heavy (non-hydrogen) atoms. The number of benzene rings is 2. The van der Waals surface area contributed by atoms with Crippen LogP contribution in [0, 0.1) is 5.92 Å². The van der Waals surface area contributed by atoms with Gasteiger partial charge in [0.15, 0.2) is 0 Å². The van der Waals surface area contributed by atoms with Crippen LogP contribution in [0.2, 0.25) is 0 Å². The summed E-state index contributed by atoms with van der Waals surface area (Å²) in [7, 11) is -3.98. The van der Waals surface area contributed by atoms with Gasteiger partial charge in [0.05, 0.1) is 17.2 Å². The van der Waals surface area contributed by atoms with E-state index in [0.29, 0.717) is 28.3 Å². The fourth-order valence-electron chi connectivity index (χ4n) is 5.44. The second kappa shape index (κ2) is 8.53. The van der Waals surface area contributed by atoms with Crippen LogP contribution in [-0.4, -0.2) is 53.2 Å². The minimum absolute atomic E-state index is 0.110. The normalized spacial score (nSPS) is 19.5. The summed E-state index contributed by atoms with van der Waals surface area (Å²) in [5.74, 6) is 1.33. The average molecular weight is 512 g/mol. The first-order valence-electron chi connectivity index (χ1n) is 12.4. The lowest BCUT2D eigenvalue weighted by atomic mass is 9.82. The Morgan fingerprint density at radius 3 is 2.70 bits per heavy atom. The molecule has 5 aromatic rings. The van der Waals surface area contributed by atoms with Gasteiger partial charge in [-0.25, -0.2) is 4.98 Å². The zero-order valence-corrected chi connectivity index (χ0v) is 20.8. The van der Waals surface area contributed by atoms with Crippen molar-refractivity contribution in [2.45, 2.75) is 17.4 Å². The van der Waals surface area contributed by atoms with Gasteiger partial charge in [-0.3, -0.25) is 4.98 Å². The molecule has 2 aromatic carbocycles. The zero-order valence-electron chi connectivity index (χ0n) is 19.9. The van der Waals surface area contributed by atoms with Crippen LogP contribution in [0.25, 0.3) is 21.8 Å². The Morgan fingerprint density at radius 1 is 0.973 bits per heavy atom. The van der Waals surface area contributed by atoms with Gasteiger partial charge in [-0.2, -0.15) is 17.6 Å². The number of piperidine rings is 1.